The molecule has 0 radical (unpaired) electrons. The van der Waals surface area contributed by atoms with Gasteiger partial charge >= 0.3 is 0 Å². The summed E-state index contributed by atoms with van der Waals surface area (Å²) in [5.41, 5.74) is 4.18. The number of aromatic nitrogens is 3. The maximum atomic E-state index is 12.1. The van der Waals surface area contributed by atoms with E-state index in [1.165, 1.54) is 11.3 Å². The van der Waals surface area contributed by atoms with Crippen molar-refractivity contribution in [3.05, 3.63) is 39.9 Å². The van der Waals surface area contributed by atoms with E-state index >= 15 is 0 Å². The summed E-state index contributed by atoms with van der Waals surface area (Å²) in [6, 6.07) is 4.03. The highest BCUT2D eigenvalue weighted by Crippen LogP contribution is 2.25. The Labute approximate surface area is 138 Å². The van der Waals surface area contributed by atoms with E-state index in [2.05, 4.69) is 15.4 Å². The molecule has 0 aliphatic rings. The van der Waals surface area contributed by atoms with Gasteiger partial charge in [-0.25, -0.2) is 4.52 Å². The highest BCUT2D eigenvalue weighted by Gasteiger charge is 2.12. The van der Waals surface area contributed by atoms with Gasteiger partial charge < -0.3 is 4.74 Å². The summed E-state index contributed by atoms with van der Waals surface area (Å²) in [7, 11) is 0. The molecule has 0 saturated carbocycles. The van der Waals surface area contributed by atoms with Gasteiger partial charge in [0.1, 0.15) is 5.75 Å². The van der Waals surface area contributed by atoms with Crippen molar-refractivity contribution in [3.8, 4) is 5.75 Å². The van der Waals surface area contributed by atoms with Crippen LogP contribution in [0.1, 0.15) is 22.4 Å². The molecule has 3 rings (SSSR count). The summed E-state index contributed by atoms with van der Waals surface area (Å²) in [4.78, 5) is 17.1. The molecule has 1 N–H and O–H groups in total. The standard InChI is InChI=1S/C16H18N4O2S/c1-9-5-6-10(2)14(12(9)4)22-7-13(21)17-15-18-16-20(19-15)11(3)8-23-16/h5-6,8H,7H2,1-4H3,(H,17,19,21). The molecule has 0 aliphatic carbocycles. The third-order valence-electron chi connectivity index (χ3n) is 3.72. The molecule has 120 valence electrons. The van der Waals surface area contributed by atoms with Crippen molar-refractivity contribution in [1.29, 1.82) is 0 Å². The smallest absolute Gasteiger partial charge is 0.264 e. The fourth-order valence-electron chi connectivity index (χ4n) is 2.29. The van der Waals surface area contributed by atoms with E-state index < -0.39 is 0 Å². The number of ether oxygens (including phenoxy) is 1. The number of aryl methyl sites for hydroxylation is 3. The van der Waals surface area contributed by atoms with Crippen molar-refractivity contribution in [2.75, 3.05) is 11.9 Å². The molecular formula is C16H18N4O2S. The average molecular weight is 330 g/mol. The number of carbonyl (C=O) groups is 1. The Bertz CT molecular complexity index is 882. The number of nitrogens with one attached hydrogen (secondary N) is 1. The predicted octanol–water partition coefficient (Wildman–Crippen LogP) is 3.04. The Morgan fingerprint density at radius 2 is 2.00 bits per heavy atom. The van der Waals surface area contributed by atoms with Crippen LogP contribution in [0.5, 0.6) is 5.75 Å². The minimum Gasteiger partial charge on any atom is -0.483 e. The highest BCUT2D eigenvalue weighted by atomic mass is 32.1. The summed E-state index contributed by atoms with van der Waals surface area (Å²) in [6.07, 6.45) is 0. The molecule has 0 saturated heterocycles. The molecule has 0 fully saturated rings. The molecular weight excluding hydrogens is 312 g/mol. The maximum absolute atomic E-state index is 12.1. The lowest BCUT2D eigenvalue weighted by atomic mass is 10.1. The molecule has 2 aromatic heterocycles. The van der Waals surface area contributed by atoms with Crippen LogP contribution in [0.15, 0.2) is 17.5 Å². The van der Waals surface area contributed by atoms with Crippen molar-refractivity contribution in [2.24, 2.45) is 0 Å². The zero-order chi connectivity index (χ0) is 16.6. The van der Waals surface area contributed by atoms with E-state index in [1.807, 2.05) is 45.2 Å². The highest BCUT2D eigenvalue weighted by molar-refractivity contribution is 7.15. The number of anilines is 1. The number of hydrogen-bond acceptors (Lipinski definition) is 5. The zero-order valence-electron chi connectivity index (χ0n) is 13.5. The summed E-state index contributed by atoms with van der Waals surface area (Å²) >= 11 is 1.48. The van der Waals surface area contributed by atoms with Crippen LogP contribution >= 0.6 is 11.3 Å². The third-order valence-corrected chi connectivity index (χ3v) is 4.65. The SMILES string of the molecule is Cc1ccc(C)c(OCC(=O)Nc2nc3scc(C)n3n2)c1C. The normalized spacial score (nSPS) is 11.0. The lowest BCUT2D eigenvalue weighted by Gasteiger charge is -2.13. The van der Waals surface area contributed by atoms with Crippen LogP contribution in [-0.2, 0) is 4.79 Å². The van der Waals surface area contributed by atoms with Gasteiger partial charge in [0.05, 0.1) is 5.69 Å². The van der Waals surface area contributed by atoms with Gasteiger partial charge in [0.25, 0.3) is 11.9 Å². The summed E-state index contributed by atoms with van der Waals surface area (Å²) in [5.74, 6) is 0.780. The quantitative estimate of drug-likeness (QED) is 0.798. The molecule has 6 nitrogen and oxygen atoms in total. The number of thiazole rings is 1. The largest absolute Gasteiger partial charge is 0.483 e. The van der Waals surface area contributed by atoms with Crippen molar-refractivity contribution < 1.29 is 9.53 Å². The van der Waals surface area contributed by atoms with E-state index in [4.69, 9.17) is 4.74 Å². The van der Waals surface area contributed by atoms with Gasteiger partial charge in [-0.2, -0.15) is 4.98 Å². The van der Waals surface area contributed by atoms with Gasteiger partial charge in [-0.1, -0.05) is 12.1 Å². The monoisotopic (exact) mass is 330 g/mol. The van der Waals surface area contributed by atoms with Crippen LogP contribution < -0.4 is 10.1 Å². The van der Waals surface area contributed by atoms with E-state index in [1.54, 1.807) is 4.52 Å². The van der Waals surface area contributed by atoms with Gasteiger partial charge in [0.2, 0.25) is 4.96 Å². The van der Waals surface area contributed by atoms with E-state index in [-0.39, 0.29) is 12.5 Å². The van der Waals surface area contributed by atoms with Crippen LogP contribution in [0.4, 0.5) is 5.95 Å². The van der Waals surface area contributed by atoms with Gasteiger partial charge in [0, 0.05) is 5.38 Å². The van der Waals surface area contributed by atoms with Crippen molar-refractivity contribution in [2.45, 2.75) is 27.7 Å². The number of fused-ring (bicyclic) bond motifs is 1. The van der Waals surface area contributed by atoms with Crippen LogP contribution in [0.2, 0.25) is 0 Å². The first-order valence-electron chi connectivity index (χ1n) is 7.26. The number of nitrogens with zero attached hydrogens (tertiary/aromatic N) is 3. The van der Waals surface area contributed by atoms with Gasteiger partial charge in [-0.05, 0) is 44.4 Å². The lowest BCUT2D eigenvalue weighted by Crippen LogP contribution is -2.21. The van der Waals surface area contributed by atoms with Crippen LogP contribution in [0, 0.1) is 27.7 Å². The van der Waals surface area contributed by atoms with Crippen LogP contribution in [-0.4, -0.2) is 27.1 Å². The van der Waals surface area contributed by atoms with Gasteiger partial charge in [0.15, 0.2) is 6.61 Å². The molecule has 2 heterocycles. The first-order chi connectivity index (χ1) is 11.0. The molecule has 1 amide bonds. The molecule has 0 unspecified atom stereocenters. The molecule has 0 spiro atoms. The number of rotatable bonds is 4. The fraction of sp³-hybridized carbons (Fsp3) is 0.312. The first kappa shape index (κ1) is 15.5. The number of hydrogen-bond donors (Lipinski definition) is 1. The average Bonchev–Trinajstić information content (AvgIpc) is 3.05. The second-order valence-corrected chi connectivity index (χ2v) is 6.33. The van der Waals surface area contributed by atoms with Crippen molar-refractivity contribution >= 4 is 28.2 Å². The fourth-order valence-corrected chi connectivity index (χ4v) is 3.09. The first-order valence-corrected chi connectivity index (χ1v) is 8.14. The number of benzene rings is 1. The van der Waals surface area contributed by atoms with Gasteiger partial charge in [-0.15, -0.1) is 16.4 Å². The molecule has 0 atom stereocenters. The van der Waals surface area contributed by atoms with Crippen LogP contribution in [0.25, 0.3) is 4.96 Å². The predicted molar refractivity (Wildman–Crippen MR) is 90.4 cm³/mol. The molecule has 1 aromatic carbocycles. The molecule has 7 heteroatoms. The minimum atomic E-state index is -0.277. The minimum absolute atomic E-state index is 0.0724. The zero-order valence-corrected chi connectivity index (χ0v) is 14.3. The lowest BCUT2D eigenvalue weighted by molar-refractivity contribution is -0.118. The topological polar surface area (TPSA) is 68.5 Å². The third kappa shape index (κ3) is 3.05. The van der Waals surface area contributed by atoms with E-state index in [0.717, 1.165) is 33.1 Å². The van der Waals surface area contributed by atoms with E-state index in [0.29, 0.717) is 5.95 Å². The van der Waals surface area contributed by atoms with Crippen LogP contribution in [0.3, 0.4) is 0 Å². The Hall–Kier alpha value is -2.41. The number of amides is 1. The molecule has 23 heavy (non-hydrogen) atoms. The van der Waals surface area contributed by atoms with Crippen molar-refractivity contribution in [3.63, 3.8) is 0 Å². The second-order valence-electron chi connectivity index (χ2n) is 5.50. The maximum Gasteiger partial charge on any atom is 0.264 e. The summed E-state index contributed by atoms with van der Waals surface area (Å²) < 4.78 is 7.39. The molecule has 0 bridgehead atoms. The summed E-state index contributed by atoms with van der Waals surface area (Å²) in [5, 5.41) is 8.88. The molecule has 3 aromatic rings. The summed E-state index contributed by atoms with van der Waals surface area (Å²) in [6.45, 7) is 7.84. The van der Waals surface area contributed by atoms with E-state index in [9.17, 15) is 4.79 Å². The van der Waals surface area contributed by atoms with Gasteiger partial charge in [-0.3, -0.25) is 10.1 Å². The Morgan fingerprint density at radius 1 is 1.26 bits per heavy atom. The van der Waals surface area contributed by atoms with Crippen molar-refractivity contribution in [1.82, 2.24) is 14.6 Å². The Balaban J connectivity index is 1.67. The molecule has 0 aliphatic heterocycles. The second kappa shape index (κ2) is 6.00. The Kier molecular flexibility index (Phi) is 4.04. The Morgan fingerprint density at radius 3 is 2.74 bits per heavy atom. The number of carbonyl (C=O) groups excluding carboxylic acids is 1.